The Morgan fingerprint density at radius 3 is 1.76 bits per heavy atom. The summed E-state index contributed by atoms with van der Waals surface area (Å²) in [5.41, 5.74) is 24.3. The molecule has 0 saturated heterocycles. The summed E-state index contributed by atoms with van der Waals surface area (Å²) in [5.74, 6) is 0. The van der Waals surface area contributed by atoms with Crippen LogP contribution in [0, 0.1) is 0 Å². The molecule has 0 saturated carbocycles. The fourth-order valence-corrected chi connectivity index (χ4v) is 12.4. The number of rotatable bonds is 4. The number of hydrogen-bond acceptors (Lipinski definition) is 3. The first-order chi connectivity index (χ1) is 33.4. The van der Waals surface area contributed by atoms with Gasteiger partial charge in [-0.15, -0.1) is 0 Å². The maximum absolute atomic E-state index is 6.70. The van der Waals surface area contributed by atoms with Crippen LogP contribution < -0.4 is 26.2 Å². The summed E-state index contributed by atoms with van der Waals surface area (Å²) in [4.78, 5) is 5.06. The highest BCUT2D eigenvalue weighted by molar-refractivity contribution is 7.00. The lowest BCUT2D eigenvalue weighted by atomic mass is 9.33. The van der Waals surface area contributed by atoms with Crippen LogP contribution in [0.25, 0.3) is 49.7 Å². The predicted molar refractivity (Wildman–Crippen MR) is 298 cm³/mol. The molecule has 0 bridgehead atoms. The van der Waals surface area contributed by atoms with Crippen molar-refractivity contribution in [3.63, 3.8) is 0 Å². The van der Waals surface area contributed by atoms with Crippen LogP contribution in [-0.2, 0) is 21.7 Å². The fourth-order valence-electron chi connectivity index (χ4n) is 12.4. The molecule has 2 aliphatic heterocycles. The number of anilines is 6. The van der Waals surface area contributed by atoms with Gasteiger partial charge in [-0.2, -0.15) is 0 Å². The van der Waals surface area contributed by atoms with Crippen LogP contribution in [0.15, 0.2) is 168 Å². The van der Waals surface area contributed by atoms with Crippen molar-refractivity contribution < 1.29 is 4.42 Å². The van der Waals surface area contributed by atoms with Gasteiger partial charge in [-0.3, -0.25) is 0 Å². The highest BCUT2D eigenvalue weighted by Crippen LogP contribution is 2.55. The van der Waals surface area contributed by atoms with Gasteiger partial charge in [-0.1, -0.05) is 173 Å². The number of aromatic nitrogens is 1. The van der Waals surface area contributed by atoms with Crippen molar-refractivity contribution in [2.75, 3.05) is 9.80 Å². The highest BCUT2D eigenvalue weighted by Gasteiger charge is 2.48. The second-order valence-corrected chi connectivity index (χ2v) is 23.8. The Hall–Kier alpha value is -7.24. The first-order valence-electron chi connectivity index (χ1n) is 25.2. The Bertz CT molecular complexity index is 3750. The second kappa shape index (κ2) is 14.4. The van der Waals surface area contributed by atoms with Crippen molar-refractivity contribution in [1.29, 1.82) is 0 Å². The molecule has 5 heteroatoms. The number of benzene rings is 8. The largest absolute Gasteiger partial charge is 0.456 e. The molecule has 2 aromatic heterocycles. The van der Waals surface area contributed by atoms with E-state index in [1.165, 1.54) is 83.4 Å². The van der Waals surface area contributed by atoms with E-state index in [-0.39, 0.29) is 28.4 Å². The summed E-state index contributed by atoms with van der Waals surface area (Å²) in [6, 6.07) is 62.2. The number of fused-ring (bicyclic) bond motifs is 12. The Labute approximate surface area is 413 Å². The van der Waals surface area contributed by atoms with Gasteiger partial charge in [0.15, 0.2) is 0 Å². The van der Waals surface area contributed by atoms with Crippen LogP contribution >= 0.6 is 0 Å². The maximum atomic E-state index is 6.70. The fraction of sp³-hybridized carbons (Fsp3) is 0.231. The third kappa shape index (κ3) is 6.03. The van der Waals surface area contributed by atoms with Gasteiger partial charge in [-0.05, 0) is 127 Å². The number of hydrogen-bond donors (Lipinski definition) is 0. The zero-order valence-electron chi connectivity index (χ0n) is 42.4. The topological polar surface area (TPSA) is 24.6 Å². The SMILES string of the molecule is CC(C)(C)c1ccc(N(c2ccc(C(C)(C)C)cc2)c2ccc3c(c2)N(c2cccc4oc5ccccc5c24)c2cc(C(C)(C)C)cc4c2B3c2cccc3c5c(n-4c23)C(C)(C)c2ccccc2-5)cc1. The number of nitrogens with zero attached hydrogens (tertiary/aromatic N) is 3. The van der Waals surface area contributed by atoms with Crippen LogP contribution in [0.1, 0.15) is 104 Å². The van der Waals surface area contributed by atoms with Crippen LogP contribution in [0.4, 0.5) is 34.1 Å². The molecule has 1 aliphatic carbocycles. The zero-order chi connectivity index (χ0) is 48.4. The minimum absolute atomic E-state index is 0.0187. The lowest BCUT2D eigenvalue weighted by Crippen LogP contribution is -2.60. The van der Waals surface area contributed by atoms with Crippen molar-refractivity contribution >= 4 is 90.1 Å². The predicted octanol–water partition coefficient (Wildman–Crippen LogP) is 15.8. The van der Waals surface area contributed by atoms with Crippen LogP contribution in [0.3, 0.4) is 0 Å². The number of furan rings is 1. The lowest BCUT2D eigenvalue weighted by molar-refractivity contribution is 0.589. The van der Waals surface area contributed by atoms with Gasteiger partial charge in [-0.25, -0.2) is 0 Å². The molecule has 0 atom stereocenters. The summed E-state index contributed by atoms with van der Waals surface area (Å²) in [7, 11) is 0. The van der Waals surface area contributed by atoms with Gasteiger partial charge in [0.1, 0.15) is 11.2 Å². The van der Waals surface area contributed by atoms with Gasteiger partial charge in [0.2, 0.25) is 0 Å². The Morgan fingerprint density at radius 2 is 1.07 bits per heavy atom. The standard InChI is InChI=1S/C65H60BN3O/c1-62(2,3)39-26-30-42(31-27-39)67(43-32-28-40(29-33-43)63(4,5)6)44-34-35-49-52(38-44)68(51-23-17-25-56-58(51)46-19-13-15-24-55(46)70-56)53-36-41(64(7,8)9)37-54-59(53)66(49)50-22-16-20-47-57-45-18-12-14-21-48(45)65(10,11)61(57)69(54)60(47)50/h12-38H,1-11H3. The summed E-state index contributed by atoms with van der Waals surface area (Å²) >= 11 is 0. The Balaban J connectivity index is 1.15. The van der Waals surface area contributed by atoms with E-state index in [0.29, 0.717) is 0 Å². The summed E-state index contributed by atoms with van der Waals surface area (Å²) in [5, 5.41) is 3.56. The van der Waals surface area contributed by atoms with E-state index in [1.54, 1.807) is 0 Å². The van der Waals surface area contributed by atoms with Crippen LogP contribution in [0.5, 0.6) is 0 Å². The molecule has 0 fully saturated rings. The molecule has 0 N–H and O–H groups in total. The zero-order valence-corrected chi connectivity index (χ0v) is 42.4. The monoisotopic (exact) mass is 909 g/mol. The molecule has 0 unspecified atom stereocenters. The molecular weight excluding hydrogens is 850 g/mol. The molecule has 70 heavy (non-hydrogen) atoms. The van der Waals surface area contributed by atoms with E-state index >= 15 is 0 Å². The van der Waals surface area contributed by atoms with Crippen molar-refractivity contribution in [3.05, 3.63) is 192 Å². The van der Waals surface area contributed by atoms with Crippen molar-refractivity contribution in [2.24, 2.45) is 0 Å². The lowest BCUT2D eigenvalue weighted by Gasteiger charge is -2.42. The van der Waals surface area contributed by atoms with Crippen molar-refractivity contribution in [3.8, 4) is 16.8 Å². The Kier molecular flexibility index (Phi) is 8.82. The average Bonchev–Trinajstić information content (AvgIpc) is 3.97. The minimum Gasteiger partial charge on any atom is -0.456 e. The van der Waals surface area contributed by atoms with Gasteiger partial charge in [0, 0.05) is 67.1 Å². The average molecular weight is 910 g/mol. The maximum Gasteiger partial charge on any atom is 0.252 e. The summed E-state index contributed by atoms with van der Waals surface area (Å²) < 4.78 is 9.39. The molecule has 4 nitrogen and oxygen atoms in total. The molecule has 3 aliphatic rings. The summed E-state index contributed by atoms with van der Waals surface area (Å²) in [6.07, 6.45) is 0. The third-order valence-corrected chi connectivity index (χ3v) is 16.0. The second-order valence-electron chi connectivity index (χ2n) is 23.8. The highest BCUT2D eigenvalue weighted by atomic mass is 16.3. The van der Waals surface area contributed by atoms with E-state index in [9.17, 15) is 0 Å². The molecule has 0 radical (unpaired) electrons. The van der Waals surface area contributed by atoms with E-state index in [1.807, 2.05) is 0 Å². The smallest absolute Gasteiger partial charge is 0.252 e. The van der Waals surface area contributed by atoms with Crippen LogP contribution in [0.2, 0.25) is 0 Å². The molecule has 4 heterocycles. The van der Waals surface area contributed by atoms with E-state index in [0.717, 1.165) is 44.7 Å². The van der Waals surface area contributed by atoms with Gasteiger partial charge in [0.25, 0.3) is 6.71 Å². The summed E-state index contributed by atoms with van der Waals surface area (Å²) in [6.45, 7) is 25.7. The molecule has 8 aromatic carbocycles. The molecular formula is C65H60BN3O. The minimum atomic E-state index is -0.220. The van der Waals surface area contributed by atoms with E-state index in [4.69, 9.17) is 4.42 Å². The first-order valence-corrected chi connectivity index (χ1v) is 25.2. The molecule has 10 aromatic rings. The van der Waals surface area contributed by atoms with Crippen molar-refractivity contribution in [2.45, 2.75) is 97.8 Å². The quantitative estimate of drug-likeness (QED) is 0.165. The third-order valence-electron chi connectivity index (χ3n) is 16.0. The molecule has 0 spiro atoms. The Morgan fingerprint density at radius 1 is 0.486 bits per heavy atom. The number of para-hydroxylation sites is 2. The van der Waals surface area contributed by atoms with Crippen LogP contribution in [-0.4, -0.2) is 11.3 Å². The van der Waals surface area contributed by atoms with E-state index < -0.39 is 0 Å². The van der Waals surface area contributed by atoms with Gasteiger partial charge in [0.05, 0.1) is 11.1 Å². The molecule has 0 amide bonds. The molecule has 344 valence electrons. The van der Waals surface area contributed by atoms with Gasteiger partial charge < -0.3 is 18.8 Å². The first kappa shape index (κ1) is 42.8. The van der Waals surface area contributed by atoms with E-state index in [2.05, 4.69) is 254 Å². The normalized spacial score (nSPS) is 14.6. The van der Waals surface area contributed by atoms with Gasteiger partial charge >= 0.3 is 0 Å². The molecule has 13 rings (SSSR count). The van der Waals surface area contributed by atoms with Crippen molar-refractivity contribution in [1.82, 2.24) is 4.57 Å².